The minimum atomic E-state index is 0.0262. The molecule has 0 aliphatic carbocycles. The average molecular weight is 314 g/mol. The maximum absolute atomic E-state index is 12.7. The molecule has 0 spiro atoms. The van der Waals surface area contributed by atoms with Crippen LogP contribution in [0.5, 0.6) is 5.75 Å². The number of ether oxygens (including phenoxy) is 2. The van der Waals surface area contributed by atoms with E-state index in [9.17, 15) is 4.79 Å². The van der Waals surface area contributed by atoms with Gasteiger partial charge in [0.15, 0.2) is 0 Å². The number of hydrogen-bond donors (Lipinski definition) is 0. The van der Waals surface area contributed by atoms with Crippen molar-refractivity contribution < 1.29 is 14.3 Å². The standard InChI is InChI=1S/C16H18N4O3/c1-22-13-4-2-11(3-5-13)16(21)19-7-6-15-14(9-19)20-12(10-23-15)8-17-18-20/h2-5,8,14-15H,6-7,9-10H2,1H3/t14-,15-/m0/s1. The molecule has 7 nitrogen and oxygen atoms in total. The molecule has 0 radical (unpaired) electrons. The number of hydrogen-bond acceptors (Lipinski definition) is 5. The Morgan fingerprint density at radius 3 is 2.96 bits per heavy atom. The van der Waals surface area contributed by atoms with Crippen LogP contribution >= 0.6 is 0 Å². The van der Waals surface area contributed by atoms with Gasteiger partial charge in [-0.15, -0.1) is 5.10 Å². The van der Waals surface area contributed by atoms with Gasteiger partial charge in [0.2, 0.25) is 0 Å². The van der Waals surface area contributed by atoms with Gasteiger partial charge in [-0.3, -0.25) is 4.79 Å². The first-order valence-electron chi connectivity index (χ1n) is 7.70. The van der Waals surface area contributed by atoms with E-state index in [-0.39, 0.29) is 18.1 Å². The summed E-state index contributed by atoms with van der Waals surface area (Å²) >= 11 is 0. The molecule has 0 N–H and O–H groups in total. The monoisotopic (exact) mass is 314 g/mol. The number of rotatable bonds is 2. The summed E-state index contributed by atoms with van der Waals surface area (Å²) in [5.74, 6) is 0.770. The molecule has 2 atom stereocenters. The normalized spacial score (nSPS) is 23.1. The van der Waals surface area contributed by atoms with Crippen LogP contribution in [-0.2, 0) is 11.3 Å². The van der Waals surface area contributed by atoms with E-state index in [4.69, 9.17) is 9.47 Å². The van der Waals surface area contributed by atoms with Crippen molar-refractivity contribution in [3.05, 3.63) is 41.7 Å². The highest BCUT2D eigenvalue weighted by molar-refractivity contribution is 5.94. The number of piperidine rings is 1. The van der Waals surface area contributed by atoms with E-state index in [1.807, 2.05) is 9.58 Å². The number of nitrogens with zero attached hydrogens (tertiary/aromatic N) is 4. The smallest absolute Gasteiger partial charge is 0.253 e. The summed E-state index contributed by atoms with van der Waals surface area (Å²) in [4.78, 5) is 14.6. The zero-order chi connectivity index (χ0) is 15.8. The third kappa shape index (κ3) is 2.46. The maximum atomic E-state index is 12.7. The van der Waals surface area contributed by atoms with Crippen molar-refractivity contribution >= 4 is 5.91 Å². The van der Waals surface area contributed by atoms with Crippen LogP contribution in [0, 0.1) is 0 Å². The summed E-state index contributed by atoms with van der Waals surface area (Å²) in [6.07, 6.45) is 2.64. The van der Waals surface area contributed by atoms with Crippen LogP contribution in [0.15, 0.2) is 30.5 Å². The molecule has 7 heteroatoms. The summed E-state index contributed by atoms with van der Waals surface area (Å²) in [7, 11) is 1.61. The molecular formula is C16H18N4O3. The van der Waals surface area contributed by atoms with Crippen LogP contribution in [0.2, 0.25) is 0 Å². The van der Waals surface area contributed by atoms with Gasteiger partial charge in [-0.25, -0.2) is 4.68 Å². The van der Waals surface area contributed by atoms with Gasteiger partial charge in [0.05, 0.1) is 37.8 Å². The summed E-state index contributed by atoms with van der Waals surface area (Å²) in [5, 5.41) is 8.12. The van der Waals surface area contributed by atoms with Gasteiger partial charge in [-0.1, -0.05) is 5.21 Å². The van der Waals surface area contributed by atoms with Crippen LogP contribution in [0.25, 0.3) is 0 Å². The zero-order valence-corrected chi connectivity index (χ0v) is 12.9. The fourth-order valence-electron chi connectivity index (χ4n) is 3.28. The van der Waals surface area contributed by atoms with Gasteiger partial charge >= 0.3 is 0 Å². The fraction of sp³-hybridized carbons (Fsp3) is 0.438. The molecule has 1 aromatic heterocycles. The van der Waals surface area contributed by atoms with E-state index in [0.717, 1.165) is 17.9 Å². The van der Waals surface area contributed by atoms with E-state index in [1.165, 1.54) is 0 Å². The number of carbonyl (C=O) groups excluding carboxylic acids is 1. The summed E-state index contributed by atoms with van der Waals surface area (Å²) in [6, 6.07) is 7.24. The number of carbonyl (C=O) groups is 1. The van der Waals surface area contributed by atoms with Crippen molar-refractivity contribution in [2.45, 2.75) is 25.2 Å². The summed E-state index contributed by atoms with van der Waals surface area (Å²) in [5.41, 5.74) is 1.63. The molecule has 120 valence electrons. The van der Waals surface area contributed by atoms with Gasteiger partial charge in [0, 0.05) is 18.7 Å². The second kappa shape index (κ2) is 5.66. The second-order valence-electron chi connectivity index (χ2n) is 5.86. The Labute approximate surface area is 133 Å². The van der Waals surface area contributed by atoms with Crippen molar-refractivity contribution in [3.8, 4) is 5.75 Å². The first kappa shape index (κ1) is 14.2. The van der Waals surface area contributed by atoms with E-state index in [1.54, 1.807) is 37.6 Å². The molecule has 3 heterocycles. The molecular weight excluding hydrogens is 296 g/mol. The van der Waals surface area contributed by atoms with Crippen LogP contribution < -0.4 is 4.74 Å². The molecule has 2 aliphatic heterocycles. The lowest BCUT2D eigenvalue weighted by molar-refractivity contribution is -0.0605. The van der Waals surface area contributed by atoms with Crippen LogP contribution in [0.1, 0.15) is 28.5 Å². The van der Waals surface area contributed by atoms with Crippen molar-refractivity contribution in [2.75, 3.05) is 20.2 Å². The first-order valence-corrected chi connectivity index (χ1v) is 7.70. The number of fused-ring (bicyclic) bond motifs is 3. The SMILES string of the molecule is COc1ccc(C(=O)N2CC[C@@H]3OCc4cnnn4[C@H]3C2)cc1. The fourth-order valence-corrected chi connectivity index (χ4v) is 3.28. The van der Waals surface area contributed by atoms with Crippen molar-refractivity contribution in [1.29, 1.82) is 0 Å². The molecule has 1 amide bonds. The quantitative estimate of drug-likeness (QED) is 0.835. The highest BCUT2D eigenvalue weighted by atomic mass is 16.5. The number of likely N-dealkylation sites (tertiary alicyclic amines) is 1. The number of methoxy groups -OCH3 is 1. The summed E-state index contributed by atoms with van der Waals surface area (Å²) in [6.45, 7) is 1.82. The predicted molar refractivity (Wildman–Crippen MR) is 81.2 cm³/mol. The van der Waals surface area contributed by atoms with E-state index < -0.39 is 0 Å². The van der Waals surface area contributed by atoms with Gasteiger partial charge in [-0.2, -0.15) is 0 Å². The molecule has 1 aromatic carbocycles. The Bertz CT molecular complexity index is 712. The van der Waals surface area contributed by atoms with E-state index in [0.29, 0.717) is 25.3 Å². The van der Waals surface area contributed by atoms with Crippen LogP contribution in [0.3, 0.4) is 0 Å². The van der Waals surface area contributed by atoms with Crippen molar-refractivity contribution in [1.82, 2.24) is 19.9 Å². The minimum Gasteiger partial charge on any atom is -0.497 e. The average Bonchev–Trinajstić information content (AvgIpc) is 3.10. The number of aromatic nitrogens is 3. The Balaban J connectivity index is 1.54. The Kier molecular flexibility index (Phi) is 3.49. The highest BCUT2D eigenvalue weighted by Gasteiger charge is 2.37. The Morgan fingerprint density at radius 1 is 1.35 bits per heavy atom. The molecule has 0 bridgehead atoms. The third-order valence-corrected chi connectivity index (χ3v) is 4.55. The second-order valence-corrected chi connectivity index (χ2v) is 5.86. The van der Waals surface area contributed by atoms with Gasteiger partial charge in [0.1, 0.15) is 5.75 Å². The number of benzene rings is 1. The lowest BCUT2D eigenvalue weighted by Gasteiger charge is -2.41. The topological polar surface area (TPSA) is 69.5 Å². The lowest BCUT2D eigenvalue weighted by Crippen LogP contribution is -2.49. The Hall–Kier alpha value is -2.41. The molecule has 2 aliphatic rings. The predicted octanol–water partition coefficient (Wildman–Crippen LogP) is 1.27. The van der Waals surface area contributed by atoms with Gasteiger partial charge in [0.25, 0.3) is 5.91 Å². The van der Waals surface area contributed by atoms with Crippen LogP contribution in [0.4, 0.5) is 0 Å². The molecule has 0 unspecified atom stereocenters. The molecule has 23 heavy (non-hydrogen) atoms. The third-order valence-electron chi connectivity index (χ3n) is 4.55. The largest absolute Gasteiger partial charge is 0.497 e. The van der Waals surface area contributed by atoms with Crippen molar-refractivity contribution in [2.24, 2.45) is 0 Å². The van der Waals surface area contributed by atoms with E-state index >= 15 is 0 Å². The number of amides is 1. The van der Waals surface area contributed by atoms with E-state index in [2.05, 4.69) is 10.3 Å². The van der Waals surface area contributed by atoms with Crippen LogP contribution in [-0.4, -0.2) is 52.1 Å². The summed E-state index contributed by atoms with van der Waals surface area (Å²) < 4.78 is 12.9. The van der Waals surface area contributed by atoms with Gasteiger partial charge < -0.3 is 14.4 Å². The lowest BCUT2D eigenvalue weighted by atomic mass is 9.99. The molecule has 0 saturated carbocycles. The first-order chi connectivity index (χ1) is 11.3. The van der Waals surface area contributed by atoms with Crippen molar-refractivity contribution in [3.63, 3.8) is 0 Å². The molecule has 1 fully saturated rings. The van der Waals surface area contributed by atoms with Gasteiger partial charge in [-0.05, 0) is 30.7 Å². The molecule has 2 aromatic rings. The molecule has 4 rings (SSSR count). The maximum Gasteiger partial charge on any atom is 0.253 e. The Morgan fingerprint density at radius 2 is 2.17 bits per heavy atom. The highest BCUT2D eigenvalue weighted by Crippen LogP contribution is 2.30. The molecule has 1 saturated heterocycles. The zero-order valence-electron chi connectivity index (χ0n) is 12.9. The minimum absolute atomic E-state index is 0.0262.